The first-order chi connectivity index (χ1) is 5.34. The fourth-order valence-electron chi connectivity index (χ4n) is 0.911. The highest BCUT2D eigenvalue weighted by atomic mass is 15.1. The van der Waals surface area contributed by atoms with Crippen molar-refractivity contribution in [3.8, 4) is 12.3 Å². The molecule has 0 radical (unpaired) electrons. The van der Waals surface area contributed by atoms with Gasteiger partial charge in [0.05, 0.1) is 6.54 Å². The van der Waals surface area contributed by atoms with Crippen molar-refractivity contribution >= 4 is 5.69 Å². The maximum Gasteiger partial charge on any atom is 0.0788 e. The molecule has 0 aromatic heterocycles. The number of nitrogens with zero attached hydrogens (tertiary/aromatic N) is 1. The number of hydrogen-bond acceptors (Lipinski definition) is 1. The molecule has 0 saturated carbocycles. The molecule has 0 saturated heterocycles. The van der Waals surface area contributed by atoms with Crippen LogP contribution in [0.25, 0.3) is 0 Å². The van der Waals surface area contributed by atoms with Gasteiger partial charge < -0.3 is 4.90 Å². The molecule has 0 aliphatic carbocycles. The molecule has 1 aromatic carbocycles. The highest BCUT2D eigenvalue weighted by Crippen LogP contribution is 2.09. The van der Waals surface area contributed by atoms with Gasteiger partial charge >= 0.3 is 0 Å². The Balaban J connectivity index is 2.70. The van der Waals surface area contributed by atoms with Gasteiger partial charge in [-0.25, -0.2) is 0 Å². The van der Waals surface area contributed by atoms with E-state index in [0.717, 1.165) is 5.69 Å². The van der Waals surface area contributed by atoms with Crippen LogP contribution in [0.3, 0.4) is 0 Å². The van der Waals surface area contributed by atoms with Crippen molar-refractivity contribution in [1.82, 2.24) is 0 Å². The lowest BCUT2D eigenvalue weighted by molar-refractivity contribution is 1.05. The van der Waals surface area contributed by atoms with Crippen LogP contribution in [0, 0.1) is 12.3 Å². The van der Waals surface area contributed by atoms with Crippen molar-refractivity contribution in [2.45, 2.75) is 0 Å². The first-order valence-electron chi connectivity index (χ1n) is 3.54. The van der Waals surface area contributed by atoms with E-state index in [1.54, 1.807) is 0 Å². The second-order valence-corrected chi connectivity index (χ2v) is 2.40. The minimum Gasteiger partial charge on any atom is -0.363 e. The van der Waals surface area contributed by atoms with E-state index in [9.17, 15) is 0 Å². The lowest BCUT2D eigenvalue weighted by atomic mass is 10.3. The molecule has 1 rings (SSSR count). The molecule has 0 amide bonds. The Labute approximate surface area is 67.7 Å². The van der Waals surface area contributed by atoms with Crippen molar-refractivity contribution in [2.75, 3.05) is 18.5 Å². The first kappa shape index (κ1) is 7.68. The molecule has 1 nitrogen and oxygen atoms in total. The summed E-state index contributed by atoms with van der Waals surface area (Å²) in [5.74, 6) is 2.59. The molecule has 0 atom stereocenters. The third-order valence-electron chi connectivity index (χ3n) is 1.53. The molecular weight excluding hydrogens is 134 g/mol. The summed E-state index contributed by atoms with van der Waals surface area (Å²) in [4.78, 5) is 2.03. The SMILES string of the molecule is C#CCN(C)c1ccccc1. The van der Waals surface area contributed by atoms with Gasteiger partial charge in [0.25, 0.3) is 0 Å². The average molecular weight is 145 g/mol. The quantitative estimate of drug-likeness (QED) is 0.573. The van der Waals surface area contributed by atoms with E-state index in [1.807, 2.05) is 42.3 Å². The van der Waals surface area contributed by atoms with Crippen molar-refractivity contribution in [2.24, 2.45) is 0 Å². The van der Waals surface area contributed by atoms with E-state index in [4.69, 9.17) is 6.42 Å². The van der Waals surface area contributed by atoms with Crippen LogP contribution in [-0.2, 0) is 0 Å². The van der Waals surface area contributed by atoms with Crippen LogP contribution >= 0.6 is 0 Å². The minimum atomic E-state index is 0.657. The molecule has 56 valence electrons. The molecule has 0 spiro atoms. The second kappa shape index (κ2) is 3.68. The lowest BCUT2D eigenvalue weighted by Gasteiger charge is -2.14. The van der Waals surface area contributed by atoms with Crippen LogP contribution < -0.4 is 4.90 Å². The maximum atomic E-state index is 5.18. The summed E-state index contributed by atoms with van der Waals surface area (Å²) in [6.45, 7) is 0.657. The Morgan fingerprint density at radius 3 is 2.55 bits per heavy atom. The zero-order valence-electron chi connectivity index (χ0n) is 6.62. The first-order valence-corrected chi connectivity index (χ1v) is 3.54. The Morgan fingerprint density at radius 2 is 2.00 bits per heavy atom. The van der Waals surface area contributed by atoms with Crippen molar-refractivity contribution in [3.05, 3.63) is 30.3 Å². The Kier molecular flexibility index (Phi) is 2.57. The standard InChI is InChI=1S/C10H11N/c1-3-9-11(2)10-7-5-4-6-8-10/h1,4-8H,9H2,2H3. The predicted octanol–water partition coefficient (Wildman–Crippen LogP) is 1.76. The second-order valence-electron chi connectivity index (χ2n) is 2.40. The van der Waals surface area contributed by atoms with Gasteiger partial charge in [-0.05, 0) is 12.1 Å². The van der Waals surface area contributed by atoms with Gasteiger partial charge in [-0.15, -0.1) is 6.42 Å². The van der Waals surface area contributed by atoms with Gasteiger partial charge in [0.15, 0.2) is 0 Å². The number of anilines is 1. The zero-order valence-corrected chi connectivity index (χ0v) is 6.62. The molecule has 0 aliphatic heterocycles. The molecule has 0 unspecified atom stereocenters. The van der Waals surface area contributed by atoms with Crippen LogP contribution in [0.2, 0.25) is 0 Å². The average Bonchev–Trinajstić information content (AvgIpc) is 2.07. The number of para-hydroxylation sites is 1. The monoisotopic (exact) mass is 145 g/mol. The number of benzene rings is 1. The van der Waals surface area contributed by atoms with Crippen molar-refractivity contribution < 1.29 is 0 Å². The summed E-state index contributed by atoms with van der Waals surface area (Å²) in [6.07, 6.45) is 5.18. The number of rotatable bonds is 2. The van der Waals surface area contributed by atoms with Gasteiger partial charge in [-0.3, -0.25) is 0 Å². The summed E-state index contributed by atoms with van der Waals surface area (Å²) in [6, 6.07) is 10.1. The van der Waals surface area contributed by atoms with Crippen LogP contribution in [-0.4, -0.2) is 13.6 Å². The molecule has 1 aromatic rings. The summed E-state index contributed by atoms with van der Waals surface area (Å²) in [7, 11) is 1.98. The summed E-state index contributed by atoms with van der Waals surface area (Å²) < 4.78 is 0. The zero-order chi connectivity index (χ0) is 8.10. The largest absolute Gasteiger partial charge is 0.363 e. The Morgan fingerprint density at radius 1 is 1.36 bits per heavy atom. The highest BCUT2D eigenvalue weighted by molar-refractivity contribution is 5.45. The normalized spacial score (nSPS) is 8.73. The molecule has 0 aliphatic rings. The maximum absolute atomic E-state index is 5.18. The van der Waals surface area contributed by atoms with Gasteiger partial charge in [-0.2, -0.15) is 0 Å². The van der Waals surface area contributed by atoms with Crippen LogP contribution in [0.5, 0.6) is 0 Å². The molecule has 0 fully saturated rings. The smallest absolute Gasteiger partial charge is 0.0788 e. The topological polar surface area (TPSA) is 3.24 Å². The fourth-order valence-corrected chi connectivity index (χ4v) is 0.911. The van der Waals surface area contributed by atoms with E-state index in [1.165, 1.54) is 0 Å². The Bertz CT molecular complexity index is 245. The predicted molar refractivity (Wildman–Crippen MR) is 48.5 cm³/mol. The van der Waals surface area contributed by atoms with Gasteiger partial charge in [0.1, 0.15) is 0 Å². The van der Waals surface area contributed by atoms with Gasteiger partial charge in [0.2, 0.25) is 0 Å². The minimum absolute atomic E-state index is 0.657. The van der Waals surface area contributed by atoms with E-state index >= 15 is 0 Å². The molecule has 0 bridgehead atoms. The van der Waals surface area contributed by atoms with Gasteiger partial charge in [0, 0.05) is 12.7 Å². The molecular formula is C10H11N. The molecule has 0 N–H and O–H groups in total. The van der Waals surface area contributed by atoms with Crippen molar-refractivity contribution in [1.29, 1.82) is 0 Å². The van der Waals surface area contributed by atoms with Crippen LogP contribution in [0.1, 0.15) is 0 Å². The molecule has 0 heterocycles. The summed E-state index contributed by atoms with van der Waals surface area (Å²) in [5.41, 5.74) is 1.16. The lowest BCUT2D eigenvalue weighted by Crippen LogP contribution is -2.16. The van der Waals surface area contributed by atoms with Crippen molar-refractivity contribution in [3.63, 3.8) is 0 Å². The Hall–Kier alpha value is -1.42. The van der Waals surface area contributed by atoms with E-state index in [-0.39, 0.29) is 0 Å². The third-order valence-corrected chi connectivity index (χ3v) is 1.53. The third kappa shape index (κ3) is 2.01. The highest BCUT2D eigenvalue weighted by Gasteiger charge is 1.94. The van der Waals surface area contributed by atoms with Gasteiger partial charge in [-0.1, -0.05) is 24.1 Å². The van der Waals surface area contributed by atoms with Crippen LogP contribution in [0.15, 0.2) is 30.3 Å². The van der Waals surface area contributed by atoms with E-state index in [2.05, 4.69) is 5.92 Å². The summed E-state index contributed by atoms with van der Waals surface area (Å²) in [5, 5.41) is 0. The number of hydrogen-bond donors (Lipinski definition) is 0. The molecule has 1 heteroatoms. The van der Waals surface area contributed by atoms with E-state index < -0.39 is 0 Å². The van der Waals surface area contributed by atoms with Crippen LogP contribution in [0.4, 0.5) is 5.69 Å². The van der Waals surface area contributed by atoms with E-state index in [0.29, 0.717) is 6.54 Å². The molecule has 11 heavy (non-hydrogen) atoms. The number of terminal acetylenes is 1. The fraction of sp³-hybridized carbons (Fsp3) is 0.200. The summed E-state index contributed by atoms with van der Waals surface area (Å²) >= 11 is 0.